The number of aliphatic imine (C=N–C) groups is 1. The molecule has 0 aliphatic carbocycles. The van der Waals surface area contributed by atoms with E-state index in [1.165, 1.54) is 11.1 Å². The van der Waals surface area contributed by atoms with Gasteiger partial charge in [0.1, 0.15) is 0 Å². The van der Waals surface area contributed by atoms with Crippen molar-refractivity contribution in [3.05, 3.63) is 53.9 Å². The second-order valence-electron chi connectivity index (χ2n) is 7.70. The highest BCUT2D eigenvalue weighted by molar-refractivity contribution is 14.0. The molecule has 3 N–H and O–H groups in total. The van der Waals surface area contributed by atoms with Gasteiger partial charge in [0, 0.05) is 51.5 Å². The van der Waals surface area contributed by atoms with E-state index in [4.69, 9.17) is 0 Å². The predicted octanol–water partition coefficient (Wildman–Crippen LogP) is 2.63. The summed E-state index contributed by atoms with van der Waals surface area (Å²) in [5.74, 6) is 0.641. The first-order chi connectivity index (χ1) is 13.7. The summed E-state index contributed by atoms with van der Waals surface area (Å²) in [4.78, 5) is 4.48. The van der Waals surface area contributed by atoms with E-state index in [1.54, 1.807) is 37.1 Å². The number of hydrogen-bond acceptors (Lipinski definition) is 3. The number of aryl methyl sites for hydroxylation is 2. The first-order valence-corrected chi connectivity index (χ1v) is 11.3. The van der Waals surface area contributed by atoms with Crippen LogP contribution in [0.3, 0.4) is 0 Å². The Balaban J connectivity index is 0.00000450. The second kappa shape index (κ2) is 11.7. The molecule has 0 bridgehead atoms. The van der Waals surface area contributed by atoms with Crippen LogP contribution >= 0.6 is 24.0 Å². The Bertz CT molecular complexity index is 921. The molecule has 1 aromatic heterocycles. The molecule has 30 heavy (non-hydrogen) atoms. The van der Waals surface area contributed by atoms with Gasteiger partial charge in [-0.05, 0) is 23.6 Å². The summed E-state index contributed by atoms with van der Waals surface area (Å²) in [6.45, 7) is 7.91. The molecule has 2 aromatic rings. The SMILES string of the molecule is CCc1ccc(C(C)(C)CNC(=NC)NCCNS(=O)(=O)c2ccn(C)c2)cc1.I. The molecule has 7 nitrogen and oxygen atoms in total. The molecule has 2 rings (SSSR count). The van der Waals surface area contributed by atoms with Crippen LogP contribution in [-0.2, 0) is 28.9 Å². The monoisotopic (exact) mass is 547 g/mol. The van der Waals surface area contributed by atoms with Gasteiger partial charge in [0.15, 0.2) is 5.96 Å². The van der Waals surface area contributed by atoms with Crippen LogP contribution in [0.2, 0.25) is 0 Å². The molecule has 0 atom stereocenters. The van der Waals surface area contributed by atoms with Crippen molar-refractivity contribution in [2.45, 2.75) is 37.5 Å². The molecule has 168 valence electrons. The van der Waals surface area contributed by atoms with Crippen LogP contribution in [0.5, 0.6) is 0 Å². The third-order valence-electron chi connectivity index (χ3n) is 4.89. The predicted molar refractivity (Wildman–Crippen MR) is 134 cm³/mol. The average Bonchev–Trinajstić information content (AvgIpc) is 3.15. The third kappa shape index (κ3) is 7.59. The minimum Gasteiger partial charge on any atom is -0.356 e. The Kier molecular flexibility index (Phi) is 10.3. The van der Waals surface area contributed by atoms with Crippen molar-refractivity contribution in [3.8, 4) is 0 Å². The third-order valence-corrected chi connectivity index (χ3v) is 6.34. The lowest BCUT2D eigenvalue weighted by Crippen LogP contribution is -2.45. The molecule has 0 spiro atoms. The van der Waals surface area contributed by atoms with E-state index >= 15 is 0 Å². The summed E-state index contributed by atoms with van der Waals surface area (Å²) < 4.78 is 28.7. The zero-order valence-corrected chi connectivity index (χ0v) is 21.5. The van der Waals surface area contributed by atoms with Crippen molar-refractivity contribution in [1.82, 2.24) is 19.9 Å². The van der Waals surface area contributed by atoms with Gasteiger partial charge in [0.25, 0.3) is 0 Å². The Hall–Kier alpha value is -1.59. The molecule has 0 fully saturated rings. The maximum absolute atomic E-state index is 12.2. The topological polar surface area (TPSA) is 87.5 Å². The van der Waals surface area contributed by atoms with Crippen LogP contribution in [0.4, 0.5) is 0 Å². The van der Waals surface area contributed by atoms with Crippen molar-refractivity contribution in [1.29, 1.82) is 0 Å². The van der Waals surface area contributed by atoms with Crippen molar-refractivity contribution >= 4 is 40.0 Å². The Morgan fingerprint density at radius 1 is 1.10 bits per heavy atom. The fourth-order valence-corrected chi connectivity index (χ4v) is 3.99. The van der Waals surface area contributed by atoms with Gasteiger partial charge in [0.2, 0.25) is 10.0 Å². The summed E-state index contributed by atoms with van der Waals surface area (Å²) in [6.07, 6.45) is 4.31. The summed E-state index contributed by atoms with van der Waals surface area (Å²) in [5, 5.41) is 6.48. The Morgan fingerprint density at radius 2 is 1.77 bits per heavy atom. The number of sulfonamides is 1. The number of aromatic nitrogens is 1. The maximum Gasteiger partial charge on any atom is 0.242 e. The quantitative estimate of drug-likeness (QED) is 0.195. The fourth-order valence-electron chi connectivity index (χ4n) is 2.91. The Labute approximate surface area is 197 Å². The number of halogens is 1. The molecule has 0 amide bonds. The van der Waals surface area contributed by atoms with E-state index in [-0.39, 0.29) is 40.8 Å². The summed E-state index contributed by atoms with van der Waals surface area (Å²) >= 11 is 0. The Morgan fingerprint density at radius 3 is 2.30 bits per heavy atom. The van der Waals surface area contributed by atoms with Gasteiger partial charge >= 0.3 is 0 Å². The van der Waals surface area contributed by atoms with Gasteiger partial charge in [-0.2, -0.15) is 0 Å². The van der Waals surface area contributed by atoms with Gasteiger partial charge in [-0.25, -0.2) is 13.1 Å². The number of guanidine groups is 1. The molecular weight excluding hydrogens is 513 g/mol. The number of hydrogen-bond donors (Lipinski definition) is 3. The second-order valence-corrected chi connectivity index (χ2v) is 9.46. The highest BCUT2D eigenvalue weighted by Crippen LogP contribution is 2.22. The van der Waals surface area contributed by atoms with Crippen molar-refractivity contribution in [2.24, 2.45) is 12.0 Å². The number of rotatable bonds is 9. The van der Waals surface area contributed by atoms with E-state index in [0.717, 1.165) is 6.42 Å². The van der Waals surface area contributed by atoms with Crippen LogP contribution in [0.15, 0.2) is 52.6 Å². The summed E-state index contributed by atoms with van der Waals surface area (Å²) in [6, 6.07) is 10.3. The molecule has 1 aromatic carbocycles. The van der Waals surface area contributed by atoms with Crippen molar-refractivity contribution < 1.29 is 8.42 Å². The highest BCUT2D eigenvalue weighted by Gasteiger charge is 2.21. The first kappa shape index (κ1) is 26.4. The van der Waals surface area contributed by atoms with Crippen LogP contribution in [-0.4, -0.2) is 45.6 Å². The fraction of sp³-hybridized carbons (Fsp3) is 0.476. The van der Waals surface area contributed by atoms with Crippen LogP contribution < -0.4 is 15.4 Å². The average molecular weight is 548 g/mol. The van der Waals surface area contributed by atoms with Crippen molar-refractivity contribution in [3.63, 3.8) is 0 Å². The molecule has 0 aliphatic rings. The first-order valence-electron chi connectivity index (χ1n) is 9.83. The lowest BCUT2D eigenvalue weighted by Gasteiger charge is -2.27. The smallest absolute Gasteiger partial charge is 0.242 e. The van der Waals surface area contributed by atoms with Gasteiger partial charge in [-0.15, -0.1) is 24.0 Å². The normalized spacial score (nSPS) is 12.4. The van der Waals surface area contributed by atoms with Crippen LogP contribution in [0.1, 0.15) is 31.9 Å². The van der Waals surface area contributed by atoms with Crippen LogP contribution in [0, 0.1) is 0 Å². The zero-order chi connectivity index (χ0) is 21.5. The zero-order valence-electron chi connectivity index (χ0n) is 18.4. The molecular formula is C21H34IN5O2S. The van der Waals surface area contributed by atoms with E-state index in [9.17, 15) is 8.42 Å². The lowest BCUT2D eigenvalue weighted by molar-refractivity contribution is 0.508. The number of nitrogens with one attached hydrogen (secondary N) is 3. The van der Waals surface area contributed by atoms with Gasteiger partial charge in [-0.3, -0.25) is 4.99 Å². The highest BCUT2D eigenvalue weighted by atomic mass is 127. The molecule has 1 heterocycles. The summed E-state index contributed by atoms with van der Waals surface area (Å²) in [7, 11) is -0.00410. The van der Waals surface area contributed by atoms with E-state index in [1.807, 2.05) is 0 Å². The summed E-state index contributed by atoms with van der Waals surface area (Å²) in [5.41, 5.74) is 2.51. The number of nitrogens with zero attached hydrogens (tertiary/aromatic N) is 2. The largest absolute Gasteiger partial charge is 0.356 e. The van der Waals surface area contributed by atoms with Gasteiger partial charge in [0.05, 0.1) is 4.90 Å². The van der Waals surface area contributed by atoms with Gasteiger partial charge < -0.3 is 15.2 Å². The van der Waals surface area contributed by atoms with E-state index < -0.39 is 10.0 Å². The molecule has 0 radical (unpaired) electrons. The standard InChI is InChI=1S/C21H33N5O2S.HI/c1-6-17-7-9-18(10-8-17)21(2,3)16-24-20(22-4)23-12-13-25-29(27,28)19-11-14-26(5)15-19;/h7-11,14-15,25H,6,12-13,16H2,1-5H3,(H2,22,23,24);1H. The molecule has 9 heteroatoms. The van der Waals surface area contributed by atoms with Crippen molar-refractivity contribution in [2.75, 3.05) is 26.7 Å². The molecule has 0 unspecified atom stereocenters. The van der Waals surface area contributed by atoms with Crippen LogP contribution in [0.25, 0.3) is 0 Å². The minimum atomic E-state index is -3.49. The number of benzene rings is 1. The van der Waals surface area contributed by atoms with E-state index in [2.05, 4.69) is 65.4 Å². The molecule has 0 saturated heterocycles. The minimum absolute atomic E-state index is 0. The van der Waals surface area contributed by atoms with E-state index in [0.29, 0.717) is 19.0 Å². The molecule has 0 saturated carbocycles. The maximum atomic E-state index is 12.2. The molecule has 0 aliphatic heterocycles. The lowest BCUT2D eigenvalue weighted by atomic mass is 9.84. The van der Waals surface area contributed by atoms with Gasteiger partial charge in [-0.1, -0.05) is 45.0 Å².